The second kappa shape index (κ2) is 5.70. The van der Waals surface area contributed by atoms with Crippen LogP contribution in [-0.2, 0) is 18.6 Å². The van der Waals surface area contributed by atoms with Crippen LogP contribution < -0.4 is 0 Å². The van der Waals surface area contributed by atoms with Crippen LogP contribution in [0.2, 0.25) is 0 Å². The number of thiophene rings is 2. The van der Waals surface area contributed by atoms with Crippen molar-refractivity contribution in [3.05, 3.63) is 43.3 Å². The largest absolute Gasteiger partial charge is 0.157 e. The monoisotopic (exact) mass is 358 g/mol. The Balaban J connectivity index is 1.87. The third kappa shape index (κ3) is 2.58. The molecule has 0 aliphatic carbocycles. The smallest absolute Gasteiger partial charge is 0.0831 e. The number of thioether (sulfide) groups is 1. The van der Waals surface area contributed by atoms with E-state index in [-0.39, 0.29) is 0 Å². The van der Waals surface area contributed by atoms with Gasteiger partial charge in [0.25, 0.3) is 0 Å². The molecule has 0 radical (unpaired) electrons. The molecule has 0 fully saturated rings. The van der Waals surface area contributed by atoms with Gasteiger partial charge in [0.05, 0.1) is 4.83 Å². The Hall–Kier alpha value is 0.230. The lowest BCUT2D eigenvalue weighted by Gasteiger charge is -2.08. The van der Waals surface area contributed by atoms with E-state index in [1.54, 1.807) is 10.4 Å². The van der Waals surface area contributed by atoms with Gasteiger partial charge in [-0.05, 0) is 42.4 Å². The predicted octanol–water partition coefficient (Wildman–Crippen LogP) is 5.65. The number of rotatable bonds is 3. The second-order valence-corrected chi connectivity index (χ2v) is 8.81. The third-order valence-corrected chi connectivity index (χ3v) is 8.37. The normalized spacial score (nSPS) is 16.6. The van der Waals surface area contributed by atoms with E-state index in [1.165, 1.54) is 32.6 Å². The zero-order valence-electron chi connectivity index (χ0n) is 10.2. The lowest BCUT2D eigenvalue weighted by molar-refractivity contribution is 1.13. The van der Waals surface area contributed by atoms with Gasteiger partial charge in [0.1, 0.15) is 0 Å². The summed E-state index contributed by atoms with van der Waals surface area (Å²) in [4.78, 5) is 6.40. The molecule has 1 unspecified atom stereocenters. The lowest BCUT2D eigenvalue weighted by Crippen LogP contribution is -1.96. The third-order valence-electron chi connectivity index (χ3n) is 3.18. The highest BCUT2D eigenvalue weighted by Gasteiger charge is 2.19. The Morgan fingerprint density at radius 1 is 1.28 bits per heavy atom. The van der Waals surface area contributed by atoms with Gasteiger partial charge in [0, 0.05) is 25.3 Å². The van der Waals surface area contributed by atoms with Crippen molar-refractivity contribution in [1.29, 1.82) is 0 Å². The highest BCUT2D eigenvalue weighted by Crippen LogP contribution is 2.42. The van der Waals surface area contributed by atoms with Gasteiger partial charge in [-0.25, -0.2) is 0 Å². The molecule has 0 saturated heterocycles. The maximum Gasteiger partial charge on any atom is 0.0831 e. The summed E-state index contributed by atoms with van der Waals surface area (Å²) in [5, 5.41) is 0. The summed E-state index contributed by atoms with van der Waals surface area (Å²) in [6.45, 7) is 2.22. The molecule has 0 bridgehead atoms. The molecule has 0 aromatic carbocycles. The summed E-state index contributed by atoms with van der Waals surface area (Å²) in [7, 11) is 0. The molecule has 0 amide bonds. The molecule has 1 atom stereocenters. The first kappa shape index (κ1) is 13.2. The van der Waals surface area contributed by atoms with E-state index in [0.29, 0.717) is 4.83 Å². The van der Waals surface area contributed by atoms with Crippen LogP contribution in [-0.4, -0.2) is 5.75 Å². The average Bonchev–Trinajstić information content (AvgIpc) is 3.04. The Morgan fingerprint density at radius 2 is 2.17 bits per heavy atom. The number of hydrogen-bond donors (Lipinski definition) is 0. The molecule has 0 spiro atoms. The molecular weight excluding hydrogens is 344 g/mol. The SMILES string of the molecule is CCc1ccc(C(Br)c2cc3c(s2)CCSC3)s1. The molecule has 0 nitrogen and oxygen atoms in total. The van der Waals surface area contributed by atoms with Crippen LogP contribution in [0, 0.1) is 0 Å². The van der Waals surface area contributed by atoms with Gasteiger partial charge in [-0.15, -0.1) is 22.7 Å². The molecule has 0 saturated carbocycles. The van der Waals surface area contributed by atoms with Crippen LogP contribution in [0.3, 0.4) is 0 Å². The van der Waals surface area contributed by atoms with Gasteiger partial charge in [0.2, 0.25) is 0 Å². The maximum atomic E-state index is 3.88. The van der Waals surface area contributed by atoms with E-state index in [4.69, 9.17) is 0 Å². The van der Waals surface area contributed by atoms with Crippen molar-refractivity contribution in [2.24, 2.45) is 0 Å². The zero-order valence-corrected chi connectivity index (χ0v) is 14.3. The van der Waals surface area contributed by atoms with E-state index >= 15 is 0 Å². The van der Waals surface area contributed by atoms with Crippen LogP contribution in [0.15, 0.2) is 18.2 Å². The molecule has 1 aliphatic rings. The van der Waals surface area contributed by atoms with Crippen LogP contribution >= 0.6 is 50.4 Å². The van der Waals surface area contributed by atoms with Crippen molar-refractivity contribution < 1.29 is 0 Å². The number of fused-ring (bicyclic) bond motifs is 1. The molecule has 0 N–H and O–H groups in total. The fourth-order valence-corrected chi connectivity index (χ4v) is 6.40. The van der Waals surface area contributed by atoms with Crippen LogP contribution in [0.5, 0.6) is 0 Å². The van der Waals surface area contributed by atoms with E-state index in [0.717, 1.165) is 6.42 Å². The van der Waals surface area contributed by atoms with Crippen LogP contribution in [0.4, 0.5) is 0 Å². The van der Waals surface area contributed by atoms with Gasteiger partial charge in [-0.1, -0.05) is 22.9 Å². The maximum absolute atomic E-state index is 3.88. The Bertz CT molecular complexity index is 517. The summed E-state index contributed by atoms with van der Waals surface area (Å²) in [6, 6.07) is 6.95. The molecule has 2 aromatic heterocycles. The topological polar surface area (TPSA) is 0 Å². The molecule has 3 rings (SSSR count). The molecule has 3 heterocycles. The van der Waals surface area contributed by atoms with E-state index in [2.05, 4.69) is 52.8 Å². The lowest BCUT2D eigenvalue weighted by atomic mass is 10.2. The molecule has 4 heteroatoms. The van der Waals surface area contributed by atoms with Gasteiger partial charge in [0.15, 0.2) is 0 Å². The highest BCUT2D eigenvalue weighted by molar-refractivity contribution is 9.09. The highest BCUT2D eigenvalue weighted by atomic mass is 79.9. The van der Waals surface area contributed by atoms with Crippen molar-refractivity contribution in [2.45, 2.75) is 30.3 Å². The minimum atomic E-state index is 0.392. The van der Waals surface area contributed by atoms with Crippen molar-refractivity contribution >= 4 is 50.4 Å². The molecule has 18 heavy (non-hydrogen) atoms. The molecule has 2 aromatic rings. The van der Waals surface area contributed by atoms with E-state index < -0.39 is 0 Å². The fraction of sp³-hybridized carbons (Fsp3) is 0.429. The molecule has 96 valence electrons. The fourth-order valence-electron chi connectivity index (χ4n) is 2.16. The van der Waals surface area contributed by atoms with E-state index in [9.17, 15) is 0 Å². The summed E-state index contributed by atoms with van der Waals surface area (Å²) >= 11 is 9.88. The van der Waals surface area contributed by atoms with Crippen molar-refractivity contribution in [2.75, 3.05) is 5.75 Å². The van der Waals surface area contributed by atoms with Gasteiger partial charge in [-0.3, -0.25) is 0 Å². The number of alkyl halides is 1. The van der Waals surface area contributed by atoms with Gasteiger partial charge < -0.3 is 0 Å². The first-order chi connectivity index (χ1) is 8.78. The summed E-state index contributed by atoms with van der Waals surface area (Å²) in [6.07, 6.45) is 2.40. The minimum absolute atomic E-state index is 0.392. The summed E-state index contributed by atoms with van der Waals surface area (Å²) in [5.41, 5.74) is 1.57. The molecule has 1 aliphatic heterocycles. The zero-order chi connectivity index (χ0) is 12.5. The first-order valence-electron chi connectivity index (χ1n) is 6.20. The second-order valence-electron chi connectivity index (χ2n) is 4.42. The average molecular weight is 359 g/mol. The van der Waals surface area contributed by atoms with Crippen molar-refractivity contribution in [3.63, 3.8) is 0 Å². The van der Waals surface area contributed by atoms with Crippen LogP contribution in [0.25, 0.3) is 0 Å². The Morgan fingerprint density at radius 3 is 2.89 bits per heavy atom. The molecular formula is C14H15BrS3. The van der Waals surface area contributed by atoms with Crippen molar-refractivity contribution in [1.82, 2.24) is 0 Å². The van der Waals surface area contributed by atoms with Gasteiger partial charge >= 0.3 is 0 Å². The summed E-state index contributed by atoms with van der Waals surface area (Å²) in [5.74, 6) is 2.50. The van der Waals surface area contributed by atoms with Crippen LogP contribution in [0.1, 0.15) is 36.8 Å². The van der Waals surface area contributed by atoms with E-state index in [1.807, 2.05) is 22.7 Å². The quantitative estimate of drug-likeness (QED) is 0.639. The number of halogens is 1. The Kier molecular flexibility index (Phi) is 4.18. The minimum Gasteiger partial charge on any atom is -0.157 e. The first-order valence-corrected chi connectivity index (χ1v) is 9.90. The van der Waals surface area contributed by atoms with Gasteiger partial charge in [-0.2, -0.15) is 11.8 Å². The van der Waals surface area contributed by atoms with Crippen molar-refractivity contribution in [3.8, 4) is 0 Å². The number of hydrogen-bond acceptors (Lipinski definition) is 3. The predicted molar refractivity (Wildman–Crippen MR) is 88.7 cm³/mol. The summed E-state index contributed by atoms with van der Waals surface area (Å²) < 4.78 is 0. The number of aryl methyl sites for hydroxylation is 2. The Labute approximate surface area is 129 Å². The standard InChI is InChI=1S/C14H15BrS3/c1-2-10-3-4-12(17-10)14(15)13-7-9-8-16-6-5-11(9)18-13/h3-4,7,14H,2,5-6,8H2,1H3.